The Morgan fingerprint density at radius 1 is 1.20 bits per heavy atom. The van der Waals surface area contributed by atoms with Gasteiger partial charge in [-0.1, -0.05) is 37.3 Å². The minimum atomic E-state index is -4.28. The number of ether oxygens (including phenoxy) is 1. The van der Waals surface area contributed by atoms with Crippen LogP contribution in [-0.2, 0) is 24.0 Å². The normalized spacial score (nSPS) is 12.4. The van der Waals surface area contributed by atoms with Crippen LogP contribution >= 0.6 is 0 Å². The molecule has 1 rings (SSSR count). The highest BCUT2D eigenvalue weighted by Crippen LogP contribution is 2.36. The predicted octanol–water partition coefficient (Wildman–Crippen LogP) is 2.89. The lowest BCUT2D eigenvalue weighted by Crippen LogP contribution is -2.41. The molecule has 0 spiro atoms. The predicted molar refractivity (Wildman–Crippen MR) is 95.2 cm³/mol. The number of hydrogen-bond donors (Lipinski definition) is 0. The first-order valence-electron chi connectivity index (χ1n) is 7.66. The van der Waals surface area contributed by atoms with Crippen LogP contribution in [0.25, 0.3) is 0 Å². The fourth-order valence-electron chi connectivity index (χ4n) is 1.68. The Labute approximate surface area is 149 Å². The second-order valence-electron chi connectivity index (χ2n) is 6.90. The number of rotatable bonds is 7. The summed E-state index contributed by atoms with van der Waals surface area (Å²) in [6.45, 7) is 10.7. The van der Waals surface area contributed by atoms with Crippen molar-refractivity contribution in [1.29, 1.82) is 0 Å². The van der Waals surface area contributed by atoms with Gasteiger partial charge in [-0.05, 0) is 30.3 Å². The van der Waals surface area contributed by atoms with Crippen LogP contribution in [0.4, 0.5) is 0 Å². The molecular formula is C16H23NO6SSi. The Kier molecular flexibility index (Phi) is 6.84. The molecule has 0 aromatic heterocycles. The van der Waals surface area contributed by atoms with Crippen molar-refractivity contribution in [1.82, 2.24) is 0 Å². The van der Waals surface area contributed by atoms with Crippen molar-refractivity contribution in [2.45, 2.75) is 43.8 Å². The maximum Gasteiger partial charge on any atom is 0.339 e. The quantitative estimate of drug-likeness (QED) is 0.235. The monoisotopic (exact) mass is 385 g/mol. The summed E-state index contributed by atoms with van der Waals surface area (Å²) in [5.74, 6) is -0.820. The third-order valence-electron chi connectivity index (χ3n) is 4.13. The second-order valence-corrected chi connectivity index (χ2v) is 13.3. The van der Waals surface area contributed by atoms with Crippen LogP contribution in [0.1, 0.15) is 31.1 Å². The topological polar surface area (TPSA) is 99.1 Å². The van der Waals surface area contributed by atoms with E-state index in [-0.39, 0.29) is 23.8 Å². The van der Waals surface area contributed by atoms with E-state index in [1.165, 1.54) is 24.3 Å². The molecule has 1 aromatic carbocycles. The van der Waals surface area contributed by atoms with E-state index in [4.69, 9.17) is 9.16 Å². The number of carbonyl (C=O) groups is 1. The molecule has 0 aliphatic carbocycles. The maximum atomic E-state index is 12.2. The summed E-state index contributed by atoms with van der Waals surface area (Å²) in [4.78, 5) is 22.0. The molecule has 0 unspecified atom stereocenters. The number of hydrogen-bond acceptors (Lipinski definition) is 6. The van der Waals surface area contributed by atoms with Crippen molar-refractivity contribution < 1.29 is 27.2 Å². The van der Waals surface area contributed by atoms with Gasteiger partial charge in [0.15, 0.2) is 8.32 Å². The summed E-state index contributed by atoms with van der Waals surface area (Å²) < 4.78 is 37.5. The Hall–Kier alpha value is -1.80. The molecule has 0 N–H and O–H groups in total. The number of isocyanates is 1. The first-order valence-corrected chi connectivity index (χ1v) is 12.0. The lowest BCUT2D eigenvalue weighted by molar-refractivity contribution is 0.0437. The molecule has 0 aliphatic heterocycles. The van der Waals surface area contributed by atoms with Gasteiger partial charge in [-0.3, -0.25) is 0 Å². The number of benzene rings is 1. The Morgan fingerprint density at radius 3 is 2.36 bits per heavy atom. The van der Waals surface area contributed by atoms with Gasteiger partial charge < -0.3 is 9.16 Å². The van der Waals surface area contributed by atoms with E-state index in [0.29, 0.717) is 0 Å². The van der Waals surface area contributed by atoms with E-state index in [0.717, 1.165) is 6.08 Å². The zero-order valence-corrected chi connectivity index (χ0v) is 16.8. The van der Waals surface area contributed by atoms with Crippen LogP contribution in [0.15, 0.2) is 33.6 Å². The molecule has 25 heavy (non-hydrogen) atoms. The van der Waals surface area contributed by atoms with E-state index in [2.05, 4.69) is 38.3 Å². The molecule has 138 valence electrons. The van der Waals surface area contributed by atoms with Gasteiger partial charge in [-0.15, -0.1) is 0 Å². The van der Waals surface area contributed by atoms with E-state index in [1.807, 2.05) is 0 Å². The van der Waals surface area contributed by atoms with E-state index < -0.39 is 29.2 Å². The highest BCUT2D eigenvalue weighted by molar-refractivity contribution is 7.90. The molecule has 0 amide bonds. The summed E-state index contributed by atoms with van der Waals surface area (Å²) in [7, 11) is -6.24. The van der Waals surface area contributed by atoms with Crippen molar-refractivity contribution in [3.8, 4) is 0 Å². The minimum Gasteiger partial charge on any atom is -0.460 e. The molecule has 0 aliphatic rings. The van der Waals surface area contributed by atoms with Gasteiger partial charge in [0.2, 0.25) is 0 Å². The Bertz CT molecular complexity index is 776. The Balaban J connectivity index is 2.79. The summed E-state index contributed by atoms with van der Waals surface area (Å²) in [5.41, 5.74) is -0.186. The molecule has 0 radical (unpaired) electrons. The standard InChI is InChI=1S/C16H23NO6SSi/c1-16(2,3)25(4,5)23-11-10-22-15(19)13-8-6-7-9-14(13)24(20,21)17-12-18/h6-9H,10-11H2,1-5H3. The Morgan fingerprint density at radius 2 is 1.80 bits per heavy atom. The van der Waals surface area contributed by atoms with E-state index in [1.54, 1.807) is 0 Å². The average Bonchev–Trinajstić information content (AvgIpc) is 2.50. The van der Waals surface area contributed by atoms with Crippen LogP contribution < -0.4 is 0 Å². The van der Waals surface area contributed by atoms with E-state index in [9.17, 15) is 18.0 Å². The van der Waals surface area contributed by atoms with Gasteiger partial charge >= 0.3 is 5.97 Å². The number of sulfonamides is 1. The summed E-state index contributed by atoms with van der Waals surface area (Å²) in [6, 6.07) is 5.39. The summed E-state index contributed by atoms with van der Waals surface area (Å²) >= 11 is 0. The molecule has 0 atom stereocenters. The second kappa shape index (κ2) is 8.05. The molecule has 9 heteroatoms. The van der Waals surface area contributed by atoms with Crippen molar-refractivity contribution in [2.75, 3.05) is 13.2 Å². The minimum absolute atomic E-state index is 0.00330. The molecule has 0 saturated heterocycles. The van der Waals surface area contributed by atoms with Crippen LogP contribution in [0.3, 0.4) is 0 Å². The van der Waals surface area contributed by atoms with Crippen LogP contribution in [0.5, 0.6) is 0 Å². The highest BCUT2D eigenvalue weighted by atomic mass is 32.2. The van der Waals surface area contributed by atoms with Crippen molar-refractivity contribution in [3.63, 3.8) is 0 Å². The molecule has 7 nitrogen and oxygen atoms in total. The third-order valence-corrected chi connectivity index (χ3v) is 9.89. The average molecular weight is 386 g/mol. The van der Waals surface area contributed by atoms with Crippen molar-refractivity contribution in [3.05, 3.63) is 29.8 Å². The molecule has 0 heterocycles. The SMILES string of the molecule is CC(C)(C)[Si](C)(C)OCCOC(=O)c1ccccc1S(=O)(=O)N=C=O. The summed E-state index contributed by atoms with van der Waals surface area (Å²) in [6.07, 6.45) is 0.975. The smallest absolute Gasteiger partial charge is 0.339 e. The fraction of sp³-hybridized carbons (Fsp3) is 0.500. The van der Waals surface area contributed by atoms with Crippen LogP contribution in [-0.4, -0.2) is 42.0 Å². The maximum absolute atomic E-state index is 12.2. The van der Waals surface area contributed by atoms with Crippen molar-refractivity contribution >= 4 is 30.4 Å². The highest BCUT2D eigenvalue weighted by Gasteiger charge is 2.37. The van der Waals surface area contributed by atoms with E-state index >= 15 is 0 Å². The third kappa shape index (κ3) is 5.60. The van der Waals surface area contributed by atoms with Gasteiger partial charge in [-0.25, -0.2) is 9.59 Å². The van der Waals surface area contributed by atoms with Crippen LogP contribution in [0, 0.1) is 0 Å². The lowest BCUT2D eigenvalue weighted by Gasteiger charge is -2.36. The molecule has 1 aromatic rings. The molecule has 0 saturated carbocycles. The van der Waals surface area contributed by atoms with Gasteiger partial charge in [0.05, 0.1) is 12.2 Å². The molecule has 0 fully saturated rings. The number of nitrogens with zero attached hydrogens (tertiary/aromatic N) is 1. The fourth-order valence-corrected chi connectivity index (χ4v) is 3.59. The molecular weight excluding hydrogens is 362 g/mol. The number of esters is 1. The zero-order chi connectivity index (χ0) is 19.3. The lowest BCUT2D eigenvalue weighted by atomic mass is 10.2. The van der Waals surface area contributed by atoms with Gasteiger partial charge in [0, 0.05) is 0 Å². The number of carbonyl (C=O) groups excluding carboxylic acids is 2. The molecule has 0 bridgehead atoms. The first-order chi connectivity index (χ1) is 11.4. The van der Waals surface area contributed by atoms with Gasteiger partial charge in [-0.2, -0.15) is 8.42 Å². The van der Waals surface area contributed by atoms with Gasteiger partial charge in [0.25, 0.3) is 16.1 Å². The largest absolute Gasteiger partial charge is 0.460 e. The zero-order valence-electron chi connectivity index (χ0n) is 15.0. The van der Waals surface area contributed by atoms with Crippen molar-refractivity contribution in [2.24, 2.45) is 4.40 Å². The summed E-state index contributed by atoms with van der Waals surface area (Å²) in [5, 5.41) is 0.0323. The van der Waals surface area contributed by atoms with Crippen LogP contribution in [0.2, 0.25) is 18.1 Å². The first kappa shape index (κ1) is 21.2. The van der Waals surface area contributed by atoms with Gasteiger partial charge in [0.1, 0.15) is 11.5 Å².